The van der Waals surface area contributed by atoms with Crippen molar-refractivity contribution in [3.05, 3.63) is 0 Å². The lowest BCUT2D eigenvalue weighted by Gasteiger charge is -2.36. The van der Waals surface area contributed by atoms with Crippen LogP contribution in [0.25, 0.3) is 0 Å². The van der Waals surface area contributed by atoms with Gasteiger partial charge in [-0.05, 0) is 58.3 Å². The summed E-state index contributed by atoms with van der Waals surface area (Å²) in [5.74, 6) is 0.661. The molecule has 0 bridgehead atoms. The van der Waals surface area contributed by atoms with E-state index in [0.29, 0.717) is 18.8 Å². The first-order valence-corrected chi connectivity index (χ1v) is 10.5. The summed E-state index contributed by atoms with van der Waals surface area (Å²) in [6.07, 6.45) is 7.91. The average molecular weight is 330 g/mol. The average Bonchev–Trinajstić information content (AvgIpc) is 2.36. The molecule has 5 nitrogen and oxygen atoms in total. The maximum absolute atomic E-state index is 12.5. The maximum atomic E-state index is 12.5. The van der Waals surface area contributed by atoms with Crippen LogP contribution in [0.3, 0.4) is 0 Å². The molecule has 0 saturated heterocycles. The first-order chi connectivity index (χ1) is 10.3. The Morgan fingerprint density at radius 3 is 2.14 bits per heavy atom. The third-order valence-corrected chi connectivity index (χ3v) is 6.85. The van der Waals surface area contributed by atoms with Crippen molar-refractivity contribution in [1.29, 1.82) is 0 Å². The lowest BCUT2D eigenvalue weighted by atomic mass is 9.85. The summed E-state index contributed by atoms with van der Waals surface area (Å²) in [5, 5.41) is 2.89. The predicted molar refractivity (Wildman–Crippen MR) is 88.6 cm³/mol. The fourth-order valence-electron chi connectivity index (χ4n) is 3.37. The normalized spacial score (nSPS) is 26.5. The number of nitrogens with zero attached hydrogens (tertiary/aromatic N) is 1. The topological polar surface area (TPSA) is 66.5 Å². The minimum atomic E-state index is -2.94. The quantitative estimate of drug-likeness (QED) is 0.842. The van der Waals surface area contributed by atoms with Crippen LogP contribution in [-0.2, 0) is 9.84 Å². The number of carbonyl (C=O) groups excluding carboxylic acids is 1. The molecule has 0 aromatic rings. The Kier molecular flexibility index (Phi) is 5.75. The van der Waals surface area contributed by atoms with Crippen LogP contribution in [0.15, 0.2) is 0 Å². The van der Waals surface area contributed by atoms with Gasteiger partial charge in [0.1, 0.15) is 9.84 Å². The number of hydrogen-bond donors (Lipinski definition) is 1. The third kappa shape index (κ3) is 4.61. The molecule has 0 heterocycles. The second-order valence-corrected chi connectivity index (χ2v) is 9.62. The zero-order valence-electron chi connectivity index (χ0n) is 14.0. The molecule has 0 unspecified atom stereocenters. The van der Waals surface area contributed by atoms with E-state index in [4.69, 9.17) is 0 Å². The van der Waals surface area contributed by atoms with Crippen LogP contribution in [0.5, 0.6) is 0 Å². The van der Waals surface area contributed by atoms with E-state index in [-0.39, 0.29) is 23.4 Å². The van der Waals surface area contributed by atoms with Crippen LogP contribution in [0.2, 0.25) is 0 Å². The zero-order valence-corrected chi connectivity index (χ0v) is 14.9. The van der Waals surface area contributed by atoms with Crippen LogP contribution in [0.1, 0.15) is 58.8 Å². The van der Waals surface area contributed by atoms with Gasteiger partial charge in [-0.15, -0.1) is 0 Å². The molecule has 1 N–H and O–H groups in total. The third-order valence-electron chi connectivity index (χ3n) is 5.17. The van der Waals surface area contributed by atoms with Crippen LogP contribution in [-0.4, -0.2) is 49.5 Å². The van der Waals surface area contributed by atoms with Crippen molar-refractivity contribution in [2.45, 2.75) is 76.1 Å². The summed E-state index contributed by atoms with van der Waals surface area (Å²) >= 11 is 0. The molecule has 128 valence electrons. The Morgan fingerprint density at radius 2 is 1.73 bits per heavy atom. The number of rotatable bonds is 5. The van der Waals surface area contributed by atoms with Gasteiger partial charge >= 0.3 is 6.03 Å². The monoisotopic (exact) mass is 330 g/mol. The summed E-state index contributed by atoms with van der Waals surface area (Å²) < 4.78 is 23.2. The molecule has 2 amide bonds. The van der Waals surface area contributed by atoms with Crippen LogP contribution < -0.4 is 5.32 Å². The molecule has 0 atom stereocenters. The molecule has 0 aliphatic heterocycles. The highest BCUT2D eigenvalue weighted by atomic mass is 32.2. The van der Waals surface area contributed by atoms with Gasteiger partial charge in [0.15, 0.2) is 0 Å². The van der Waals surface area contributed by atoms with E-state index in [1.54, 1.807) is 0 Å². The molecule has 6 heteroatoms. The molecule has 2 rings (SSSR count). The van der Waals surface area contributed by atoms with Crippen LogP contribution >= 0.6 is 0 Å². The summed E-state index contributed by atoms with van der Waals surface area (Å²) in [5.41, 5.74) is 0. The SMILES string of the molecule is CC(C)N(CC1CCC1)C(=O)NC1CCC(S(C)(=O)=O)CC1. The van der Waals surface area contributed by atoms with Gasteiger partial charge in [0.2, 0.25) is 0 Å². The second kappa shape index (κ2) is 7.20. The van der Waals surface area contributed by atoms with E-state index in [1.807, 2.05) is 4.90 Å². The summed E-state index contributed by atoms with van der Waals surface area (Å²) in [6, 6.07) is 0.339. The van der Waals surface area contributed by atoms with Gasteiger partial charge < -0.3 is 10.2 Å². The Hall–Kier alpha value is -0.780. The molecule has 0 aromatic heterocycles. The Balaban J connectivity index is 1.83. The number of sulfone groups is 1. The Labute approximate surface area is 134 Å². The van der Waals surface area contributed by atoms with Crippen molar-refractivity contribution in [1.82, 2.24) is 10.2 Å². The number of nitrogens with one attached hydrogen (secondary N) is 1. The van der Waals surface area contributed by atoms with E-state index in [9.17, 15) is 13.2 Å². The minimum absolute atomic E-state index is 0.0182. The highest BCUT2D eigenvalue weighted by Gasteiger charge is 2.30. The van der Waals surface area contributed by atoms with Crippen molar-refractivity contribution in [3.63, 3.8) is 0 Å². The van der Waals surface area contributed by atoms with E-state index in [1.165, 1.54) is 25.5 Å². The first-order valence-electron chi connectivity index (χ1n) is 8.53. The van der Waals surface area contributed by atoms with Crippen molar-refractivity contribution < 1.29 is 13.2 Å². The van der Waals surface area contributed by atoms with Gasteiger partial charge in [-0.1, -0.05) is 6.42 Å². The van der Waals surface area contributed by atoms with E-state index < -0.39 is 9.84 Å². The lowest BCUT2D eigenvalue weighted by Crippen LogP contribution is -2.51. The van der Waals surface area contributed by atoms with Crippen molar-refractivity contribution in [2.24, 2.45) is 5.92 Å². The summed E-state index contributed by atoms with van der Waals surface area (Å²) in [4.78, 5) is 14.4. The zero-order chi connectivity index (χ0) is 16.3. The van der Waals surface area contributed by atoms with Crippen LogP contribution in [0.4, 0.5) is 4.79 Å². The number of amides is 2. The summed E-state index contributed by atoms with van der Waals surface area (Å²) in [7, 11) is -2.94. The minimum Gasteiger partial charge on any atom is -0.335 e. The number of hydrogen-bond acceptors (Lipinski definition) is 3. The molecule has 0 radical (unpaired) electrons. The first kappa shape index (κ1) is 17.6. The van der Waals surface area contributed by atoms with E-state index >= 15 is 0 Å². The van der Waals surface area contributed by atoms with Crippen LogP contribution in [0, 0.1) is 5.92 Å². The molecule has 0 aromatic carbocycles. The lowest BCUT2D eigenvalue weighted by molar-refractivity contribution is 0.145. The van der Waals surface area contributed by atoms with Crippen molar-refractivity contribution >= 4 is 15.9 Å². The Bertz CT molecular complexity index is 478. The predicted octanol–water partition coefficient (Wildman–Crippen LogP) is 2.56. The molecule has 2 aliphatic carbocycles. The molecule has 22 heavy (non-hydrogen) atoms. The fraction of sp³-hybridized carbons (Fsp3) is 0.938. The van der Waals surface area contributed by atoms with Gasteiger partial charge in [0.25, 0.3) is 0 Å². The smallest absolute Gasteiger partial charge is 0.317 e. The standard InChI is InChI=1S/C16H30N2O3S/c1-12(2)18(11-13-5-4-6-13)16(19)17-14-7-9-15(10-8-14)22(3,20)21/h12-15H,4-11H2,1-3H3,(H,17,19). The number of urea groups is 1. The fourth-order valence-corrected chi connectivity index (χ4v) is 4.50. The molecular weight excluding hydrogens is 300 g/mol. The number of carbonyl (C=O) groups is 1. The molecule has 2 saturated carbocycles. The molecule has 2 fully saturated rings. The Morgan fingerprint density at radius 1 is 1.14 bits per heavy atom. The van der Waals surface area contributed by atoms with Crippen molar-refractivity contribution in [3.8, 4) is 0 Å². The maximum Gasteiger partial charge on any atom is 0.317 e. The summed E-state index contributed by atoms with van der Waals surface area (Å²) in [6.45, 7) is 4.96. The van der Waals surface area contributed by atoms with Crippen molar-refractivity contribution in [2.75, 3.05) is 12.8 Å². The van der Waals surface area contributed by atoms with E-state index in [0.717, 1.165) is 19.4 Å². The van der Waals surface area contributed by atoms with E-state index in [2.05, 4.69) is 19.2 Å². The van der Waals surface area contributed by atoms with Gasteiger partial charge in [0, 0.05) is 24.9 Å². The molecular formula is C16H30N2O3S. The molecule has 0 spiro atoms. The second-order valence-electron chi connectivity index (χ2n) is 7.30. The van der Waals surface area contributed by atoms with Gasteiger partial charge in [0.05, 0.1) is 5.25 Å². The van der Waals surface area contributed by atoms with Gasteiger partial charge in [-0.25, -0.2) is 13.2 Å². The van der Waals surface area contributed by atoms with Gasteiger partial charge in [-0.2, -0.15) is 0 Å². The highest BCUT2D eigenvalue weighted by molar-refractivity contribution is 7.91. The highest BCUT2D eigenvalue weighted by Crippen LogP contribution is 2.28. The van der Waals surface area contributed by atoms with Gasteiger partial charge in [-0.3, -0.25) is 0 Å². The largest absolute Gasteiger partial charge is 0.335 e. The molecule has 2 aliphatic rings.